The molecule has 2 N–H and O–H groups in total. The number of thiophene rings is 1. The van der Waals surface area contributed by atoms with Crippen LogP contribution in [0.1, 0.15) is 16.6 Å². The molecule has 3 rings (SSSR count). The summed E-state index contributed by atoms with van der Waals surface area (Å²) in [5.74, 6) is -1.06. The highest BCUT2D eigenvalue weighted by atomic mass is 32.2. The molecule has 0 bridgehead atoms. The molecule has 0 spiro atoms. The molecule has 2 aromatic heterocycles. The molecule has 0 saturated carbocycles. The summed E-state index contributed by atoms with van der Waals surface area (Å²) in [5.41, 5.74) is 0.704. The predicted molar refractivity (Wildman–Crippen MR) is 111 cm³/mol. The van der Waals surface area contributed by atoms with Crippen LogP contribution in [0.5, 0.6) is 5.75 Å². The van der Waals surface area contributed by atoms with Crippen molar-refractivity contribution < 1.29 is 27.2 Å². The quantitative estimate of drug-likeness (QED) is 0.511. The van der Waals surface area contributed by atoms with Gasteiger partial charge >= 0.3 is 11.8 Å². The Kier molecular flexibility index (Phi) is 6.91. The molecule has 8 nitrogen and oxygen atoms in total. The molecular formula is C20H20N2O6S2. The fourth-order valence-corrected chi connectivity index (χ4v) is 5.57. The van der Waals surface area contributed by atoms with E-state index in [4.69, 9.17) is 9.15 Å². The smallest absolute Gasteiger partial charge is 0.309 e. The molecule has 1 atom stereocenters. The summed E-state index contributed by atoms with van der Waals surface area (Å²) in [5, 5.41) is 5.38. The Bertz CT molecular complexity index is 1090. The van der Waals surface area contributed by atoms with Crippen molar-refractivity contribution in [2.45, 2.75) is 16.0 Å². The number of hydrogen-bond donors (Lipinski definition) is 2. The van der Waals surface area contributed by atoms with Crippen molar-refractivity contribution in [1.82, 2.24) is 10.6 Å². The number of amides is 2. The van der Waals surface area contributed by atoms with Crippen LogP contribution in [-0.4, -0.2) is 33.9 Å². The average molecular weight is 449 g/mol. The summed E-state index contributed by atoms with van der Waals surface area (Å²) in [7, 11) is -2.29. The third-order valence-corrected chi connectivity index (χ3v) is 7.79. The molecule has 0 aliphatic rings. The van der Waals surface area contributed by atoms with Gasteiger partial charge in [0.25, 0.3) is 0 Å². The van der Waals surface area contributed by atoms with Crippen LogP contribution >= 0.6 is 11.3 Å². The number of para-hydroxylation sites is 1. The summed E-state index contributed by atoms with van der Waals surface area (Å²) < 4.78 is 36.5. The van der Waals surface area contributed by atoms with Crippen LogP contribution < -0.4 is 15.4 Å². The fraction of sp³-hybridized carbons (Fsp3) is 0.200. The lowest BCUT2D eigenvalue weighted by molar-refractivity contribution is -0.139. The number of ether oxygens (including phenoxy) is 1. The van der Waals surface area contributed by atoms with Crippen molar-refractivity contribution in [3.05, 3.63) is 71.5 Å². The molecule has 3 aromatic rings. The molecule has 1 aromatic carbocycles. The molecule has 10 heteroatoms. The van der Waals surface area contributed by atoms with E-state index in [9.17, 15) is 18.0 Å². The Hall–Kier alpha value is -3.11. The lowest BCUT2D eigenvalue weighted by atomic mass is 10.2. The topological polar surface area (TPSA) is 115 Å². The highest BCUT2D eigenvalue weighted by Gasteiger charge is 2.33. The Morgan fingerprint density at radius 1 is 1.07 bits per heavy atom. The van der Waals surface area contributed by atoms with Crippen molar-refractivity contribution in [3.63, 3.8) is 0 Å². The Morgan fingerprint density at radius 2 is 1.83 bits per heavy atom. The number of carbonyl (C=O) groups excluding carboxylic acids is 2. The Labute approximate surface area is 177 Å². The van der Waals surface area contributed by atoms with Crippen LogP contribution in [0.25, 0.3) is 0 Å². The first kappa shape index (κ1) is 21.6. The van der Waals surface area contributed by atoms with Crippen LogP contribution in [0.15, 0.2) is 68.8 Å². The van der Waals surface area contributed by atoms with Crippen LogP contribution in [0.3, 0.4) is 0 Å². The second-order valence-corrected chi connectivity index (χ2v) is 9.49. The van der Waals surface area contributed by atoms with Crippen LogP contribution in [0, 0.1) is 0 Å². The zero-order valence-corrected chi connectivity index (χ0v) is 17.7. The minimum absolute atomic E-state index is 0.0887. The molecule has 0 radical (unpaired) electrons. The van der Waals surface area contributed by atoms with Crippen LogP contribution in [0.4, 0.5) is 0 Å². The van der Waals surface area contributed by atoms with Gasteiger partial charge in [0.15, 0.2) is 9.84 Å². The van der Waals surface area contributed by atoms with Gasteiger partial charge in [-0.2, -0.15) is 0 Å². The maximum Gasteiger partial charge on any atom is 0.309 e. The van der Waals surface area contributed by atoms with Gasteiger partial charge in [-0.05, 0) is 29.6 Å². The second kappa shape index (κ2) is 9.59. The van der Waals surface area contributed by atoms with E-state index in [0.717, 1.165) is 11.3 Å². The van der Waals surface area contributed by atoms with Crippen molar-refractivity contribution >= 4 is 33.0 Å². The summed E-state index contributed by atoms with van der Waals surface area (Å²) in [6, 6.07) is 13.3. The van der Waals surface area contributed by atoms with Gasteiger partial charge in [-0.3, -0.25) is 9.59 Å². The van der Waals surface area contributed by atoms with Gasteiger partial charge < -0.3 is 19.8 Å². The molecular weight excluding hydrogens is 428 g/mol. The molecule has 30 heavy (non-hydrogen) atoms. The minimum Gasteiger partial charge on any atom is -0.496 e. The second-order valence-electron chi connectivity index (χ2n) is 6.19. The highest BCUT2D eigenvalue weighted by molar-refractivity contribution is 7.93. The van der Waals surface area contributed by atoms with E-state index in [1.54, 1.807) is 41.8 Å². The third kappa shape index (κ3) is 4.89. The van der Waals surface area contributed by atoms with E-state index < -0.39 is 26.9 Å². The Balaban J connectivity index is 1.65. The number of rotatable bonds is 8. The number of nitrogens with one attached hydrogen (secondary N) is 2. The number of methoxy groups -OCH3 is 1. The number of furan rings is 1. The standard InChI is InChI=1S/C20H20N2O6S2/c1-27-15-7-3-2-6-14(15)12-21-19(23)20(24)22-13-17(16-8-4-10-28-16)30(25,26)18-9-5-11-29-18/h2-11,17H,12-13H2,1H3,(H,21,23)(H,22,24)/t17-/m1/s1. The first-order valence-corrected chi connectivity index (χ1v) is 11.3. The van der Waals surface area contributed by atoms with Crippen molar-refractivity contribution in [2.24, 2.45) is 0 Å². The van der Waals surface area contributed by atoms with E-state index in [2.05, 4.69) is 10.6 Å². The van der Waals surface area contributed by atoms with E-state index in [0.29, 0.717) is 11.3 Å². The monoisotopic (exact) mass is 448 g/mol. The maximum atomic E-state index is 12.9. The molecule has 0 fully saturated rings. The zero-order valence-electron chi connectivity index (χ0n) is 16.0. The van der Waals surface area contributed by atoms with Crippen molar-refractivity contribution in [3.8, 4) is 5.75 Å². The normalized spacial score (nSPS) is 12.2. The first-order chi connectivity index (χ1) is 14.4. The molecule has 2 amide bonds. The number of sulfone groups is 1. The van der Waals surface area contributed by atoms with Gasteiger partial charge in [0.2, 0.25) is 0 Å². The van der Waals surface area contributed by atoms with E-state index in [1.807, 2.05) is 0 Å². The summed E-state index contributed by atoms with van der Waals surface area (Å²) in [6.07, 6.45) is 1.36. The maximum absolute atomic E-state index is 12.9. The third-order valence-electron chi connectivity index (χ3n) is 4.30. The summed E-state index contributed by atoms with van der Waals surface area (Å²) in [6.45, 7) is -0.222. The minimum atomic E-state index is -3.80. The van der Waals surface area contributed by atoms with Gasteiger partial charge in [0.1, 0.15) is 21.0 Å². The molecule has 158 valence electrons. The van der Waals surface area contributed by atoms with Crippen LogP contribution in [-0.2, 0) is 26.0 Å². The largest absolute Gasteiger partial charge is 0.496 e. The van der Waals surface area contributed by atoms with E-state index >= 15 is 0 Å². The van der Waals surface area contributed by atoms with Gasteiger partial charge in [-0.1, -0.05) is 24.3 Å². The van der Waals surface area contributed by atoms with Crippen LogP contribution in [0.2, 0.25) is 0 Å². The van der Waals surface area contributed by atoms with E-state index in [1.165, 1.54) is 25.5 Å². The Morgan fingerprint density at radius 3 is 2.50 bits per heavy atom. The summed E-state index contributed by atoms with van der Waals surface area (Å²) >= 11 is 1.07. The number of carbonyl (C=O) groups is 2. The molecule has 2 heterocycles. The van der Waals surface area contributed by atoms with Gasteiger partial charge in [0, 0.05) is 18.7 Å². The molecule has 0 saturated heterocycles. The molecule has 0 unspecified atom stereocenters. The average Bonchev–Trinajstić information content (AvgIpc) is 3.46. The van der Waals surface area contributed by atoms with Crippen molar-refractivity contribution in [2.75, 3.05) is 13.7 Å². The first-order valence-electron chi connectivity index (χ1n) is 8.92. The van der Waals surface area contributed by atoms with E-state index in [-0.39, 0.29) is 23.1 Å². The zero-order chi connectivity index (χ0) is 21.6. The van der Waals surface area contributed by atoms with Gasteiger partial charge in [0.05, 0.1) is 13.4 Å². The molecule has 0 aliphatic carbocycles. The van der Waals surface area contributed by atoms with Crippen molar-refractivity contribution in [1.29, 1.82) is 0 Å². The summed E-state index contributed by atoms with van der Waals surface area (Å²) in [4.78, 5) is 24.4. The lowest BCUT2D eigenvalue weighted by Gasteiger charge is -2.15. The molecule has 0 aliphatic heterocycles. The number of benzene rings is 1. The fourth-order valence-electron chi connectivity index (χ4n) is 2.77. The lowest BCUT2D eigenvalue weighted by Crippen LogP contribution is -2.42. The predicted octanol–water partition coefficient (Wildman–Crippen LogP) is 2.30. The number of hydrogen-bond acceptors (Lipinski definition) is 7. The SMILES string of the molecule is COc1ccccc1CNC(=O)C(=O)NC[C@H](c1ccco1)S(=O)(=O)c1cccs1. The highest BCUT2D eigenvalue weighted by Crippen LogP contribution is 2.31. The van der Waals surface area contributed by atoms with Gasteiger partial charge in [-0.15, -0.1) is 11.3 Å². The van der Waals surface area contributed by atoms with Gasteiger partial charge in [-0.25, -0.2) is 8.42 Å².